The maximum Gasteiger partial charge on any atom is 0.224 e. The number of benzene rings is 1. The van der Waals surface area contributed by atoms with Gasteiger partial charge in [-0.15, -0.1) is 5.10 Å². The molecule has 0 fully saturated rings. The van der Waals surface area contributed by atoms with Crippen molar-refractivity contribution >= 4 is 0 Å². The Morgan fingerprint density at radius 3 is 2.61 bits per heavy atom. The van der Waals surface area contributed by atoms with Crippen molar-refractivity contribution in [1.29, 1.82) is 5.26 Å². The van der Waals surface area contributed by atoms with Gasteiger partial charge in [-0.2, -0.15) is 10.4 Å². The van der Waals surface area contributed by atoms with E-state index in [1.54, 1.807) is 17.1 Å². The Hall–Kier alpha value is -3.60. The van der Waals surface area contributed by atoms with Crippen LogP contribution in [0.25, 0.3) is 5.69 Å². The molecule has 0 saturated heterocycles. The summed E-state index contributed by atoms with van der Waals surface area (Å²) in [6.45, 7) is 6.83. The summed E-state index contributed by atoms with van der Waals surface area (Å²) in [4.78, 5) is 0. The van der Waals surface area contributed by atoms with Crippen molar-refractivity contribution in [3.63, 3.8) is 0 Å². The number of fused-ring (bicyclic) bond motifs is 1. The Bertz CT molecular complexity index is 1070. The molecule has 4 rings (SSSR count). The molecule has 2 N–H and O–H groups in total. The summed E-state index contributed by atoms with van der Waals surface area (Å²) in [6, 6.07) is 10.1. The van der Waals surface area contributed by atoms with E-state index < -0.39 is 0 Å². The van der Waals surface area contributed by atoms with Crippen LogP contribution >= 0.6 is 0 Å². The molecule has 0 spiro atoms. The quantitative estimate of drug-likeness (QED) is 0.751. The van der Waals surface area contributed by atoms with Crippen molar-refractivity contribution in [2.75, 3.05) is 0 Å². The second-order valence-electron chi connectivity index (χ2n) is 6.94. The molecule has 142 valence electrons. The van der Waals surface area contributed by atoms with Gasteiger partial charge in [-0.3, -0.25) is 0 Å². The van der Waals surface area contributed by atoms with Crippen molar-refractivity contribution in [3.8, 4) is 17.6 Å². The van der Waals surface area contributed by atoms with Gasteiger partial charge in [-0.05, 0) is 30.5 Å². The van der Waals surface area contributed by atoms with Crippen LogP contribution < -0.4 is 10.5 Å². The number of ether oxygens (including phenoxy) is 1. The molecular weight excluding hydrogens is 354 g/mol. The van der Waals surface area contributed by atoms with E-state index in [4.69, 9.17) is 15.6 Å². The van der Waals surface area contributed by atoms with Gasteiger partial charge >= 0.3 is 0 Å². The molecule has 8 nitrogen and oxygen atoms in total. The topological polar surface area (TPSA) is 108 Å². The molecule has 8 heteroatoms. The lowest BCUT2D eigenvalue weighted by atomic mass is 9.82. The van der Waals surface area contributed by atoms with E-state index >= 15 is 0 Å². The molecule has 0 aliphatic carbocycles. The molecule has 1 atom stereocenters. The Morgan fingerprint density at radius 2 is 2.04 bits per heavy atom. The minimum Gasteiger partial charge on any atom is -0.422 e. The third-order valence-electron chi connectivity index (χ3n) is 4.90. The highest BCUT2D eigenvalue weighted by Crippen LogP contribution is 2.45. The third kappa shape index (κ3) is 2.72. The van der Waals surface area contributed by atoms with E-state index in [9.17, 15) is 5.26 Å². The van der Waals surface area contributed by atoms with E-state index in [2.05, 4.69) is 30.2 Å². The van der Waals surface area contributed by atoms with Crippen LogP contribution in [0.15, 0.2) is 48.1 Å². The molecule has 0 saturated carbocycles. The van der Waals surface area contributed by atoms with Crippen molar-refractivity contribution in [2.24, 2.45) is 5.73 Å². The number of nitrogens with two attached hydrogens (primary N) is 1. The monoisotopic (exact) mass is 375 g/mol. The number of hydrogen-bond acceptors (Lipinski definition) is 6. The summed E-state index contributed by atoms with van der Waals surface area (Å²) in [5.74, 6) is 0.607. The standard InChI is InChI=1S/C20H21N7O/c1-4-26-20-17(18(24-26)12(2)3)16(15(11-21)19(22)28-20)13-5-7-14(8-6-13)27-10-9-23-25-27/h5-10,12,16H,4,22H2,1-3H3. The predicted molar refractivity (Wildman–Crippen MR) is 103 cm³/mol. The predicted octanol–water partition coefficient (Wildman–Crippen LogP) is 2.83. The maximum atomic E-state index is 9.80. The first-order valence-electron chi connectivity index (χ1n) is 9.20. The Kier molecular flexibility index (Phi) is 4.35. The van der Waals surface area contributed by atoms with Gasteiger partial charge in [0.1, 0.15) is 11.6 Å². The van der Waals surface area contributed by atoms with Crippen LogP contribution in [-0.2, 0) is 6.54 Å². The second kappa shape index (κ2) is 6.85. The molecule has 0 amide bonds. The largest absolute Gasteiger partial charge is 0.422 e. The molecule has 1 aliphatic rings. The molecule has 1 aliphatic heterocycles. The fourth-order valence-electron chi connectivity index (χ4n) is 3.56. The number of nitrogens with zero attached hydrogens (tertiary/aromatic N) is 6. The second-order valence-corrected chi connectivity index (χ2v) is 6.94. The van der Waals surface area contributed by atoms with Crippen LogP contribution in [0.3, 0.4) is 0 Å². The van der Waals surface area contributed by atoms with E-state index in [-0.39, 0.29) is 17.7 Å². The van der Waals surface area contributed by atoms with E-state index in [1.807, 2.05) is 35.9 Å². The summed E-state index contributed by atoms with van der Waals surface area (Å²) < 4.78 is 9.33. The molecule has 0 bridgehead atoms. The fraction of sp³-hybridized carbons (Fsp3) is 0.300. The zero-order valence-corrected chi connectivity index (χ0v) is 16.0. The third-order valence-corrected chi connectivity index (χ3v) is 4.90. The minimum atomic E-state index is -0.323. The van der Waals surface area contributed by atoms with Crippen LogP contribution in [-0.4, -0.2) is 24.8 Å². The summed E-state index contributed by atoms with van der Waals surface area (Å²) in [6.07, 6.45) is 3.41. The van der Waals surface area contributed by atoms with Crippen molar-refractivity contribution in [3.05, 3.63) is 64.9 Å². The lowest BCUT2D eigenvalue weighted by Gasteiger charge is -2.25. The summed E-state index contributed by atoms with van der Waals surface area (Å²) in [7, 11) is 0. The zero-order chi connectivity index (χ0) is 19.8. The number of nitriles is 1. The zero-order valence-electron chi connectivity index (χ0n) is 16.0. The van der Waals surface area contributed by atoms with Crippen LogP contribution in [0.4, 0.5) is 0 Å². The molecule has 0 radical (unpaired) electrons. The normalized spacial score (nSPS) is 16.0. The van der Waals surface area contributed by atoms with E-state index in [1.165, 1.54) is 0 Å². The molecular formula is C20H21N7O. The van der Waals surface area contributed by atoms with Gasteiger partial charge in [-0.25, -0.2) is 9.36 Å². The molecule has 3 heterocycles. The Morgan fingerprint density at radius 1 is 1.29 bits per heavy atom. The van der Waals surface area contributed by atoms with Gasteiger partial charge < -0.3 is 10.5 Å². The SMILES string of the molecule is CCn1nc(C(C)C)c2c1OC(N)=C(C#N)C2c1ccc(-n2ccnn2)cc1. The highest BCUT2D eigenvalue weighted by atomic mass is 16.5. The molecule has 1 unspecified atom stereocenters. The van der Waals surface area contributed by atoms with Crippen molar-refractivity contribution < 1.29 is 4.74 Å². The Balaban J connectivity index is 1.88. The van der Waals surface area contributed by atoms with E-state index in [0.29, 0.717) is 18.0 Å². The number of hydrogen-bond donors (Lipinski definition) is 1. The first-order chi connectivity index (χ1) is 13.5. The lowest BCUT2D eigenvalue weighted by Crippen LogP contribution is -2.22. The first kappa shape index (κ1) is 17.8. The first-order valence-corrected chi connectivity index (χ1v) is 9.20. The number of rotatable bonds is 4. The van der Waals surface area contributed by atoms with Gasteiger partial charge in [0.15, 0.2) is 0 Å². The molecule has 1 aromatic carbocycles. The highest BCUT2D eigenvalue weighted by molar-refractivity contribution is 5.56. The van der Waals surface area contributed by atoms with Crippen molar-refractivity contribution in [2.45, 2.75) is 39.2 Å². The fourth-order valence-corrected chi connectivity index (χ4v) is 3.56. The van der Waals surface area contributed by atoms with Gasteiger partial charge in [0.2, 0.25) is 11.8 Å². The summed E-state index contributed by atoms with van der Waals surface area (Å²) >= 11 is 0. The van der Waals surface area contributed by atoms with Crippen molar-refractivity contribution in [1.82, 2.24) is 24.8 Å². The van der Waals surface area contributed by atoms with Gasteiger partial charge in [-0.1, -0.05) is 31.2 Å². The maximum absolute atomic E-state index is 9.80. The number of aromatic nitrogens is 5. The average molecular weight is 375 g/mol. The van der Waals surface area contributed by atoms with Crippen LogP contribution in [0.1, 0.15) is 49.4 Å². The van der Waals surface area contributed by atoms with Crippen LogP contribution in [0, 0.1) is 11.3 Å². The Labute approximate surface area is 162 Å². The smallest absolute Gasteiger partial charge is 0.224 e. The van der Waals surface area contributed by atoms with Gasteiger partial charge in [0.05, 0.1) is 35.3 Å². The van der Waals surface area contributed by atoms with Gasteiger partial charge in [0.25, 0.3) is 0 Å². The van der Waals surface area contributed by atoms with Gasteiger partial charge in [0, 0.05) is 6.54 Å². The molecule has 2 aromatic heterocycles. The van der Waals surface area contributed by atoms with Crippen LogP contribution in [0.2, 0.25) is 0 Å². The molecule has 28 heavy (non-hydrogen) atoms. The summed E-state index contributed by atoms with van der Waals surface area (Å²) in [5, 5.41) is 22.4. The van der Waals surface area contributed by atoms with E-state index in [0.717, 1.165) is 22.5 Å². The number of allylic oxidation sites excluding steroid dienone is 1. The number of aryl methyl sites for hydroxylation is 1. The summed E-state index contributed by atoms with van der Waals surface area (Å²) in [5.41, 5.74) is 10.2. The minimum absolute atomic E-state index is 0.130. The van der Waals surface area contributed by atoms with Crippen LogP contribution in [0.5, 0.6) is 5.88 Å². The average Bonchev–Trinajstić information content (AvgIpc) is 3.35. The highest BCUT2D eigenvalue weighted by Gasteiger charge is 2.37. The molecule has 3 aromatic rings. The lowest BCUT2D eigenvalue weighted by molar-refractivity contribution is 0.350.